The van der Waals surface area contributed by atoms with Crippen LogP contribution < -0.4 is 10.6 Å². The van der Waals surface area contributed by atoms with E-state index in [0.29, 0.717) is 18.3 Å². The number of carbonyl (C=O) groups is 1. The molecular formula is C10H14N4O3. The SMILES string of the molecule is O=C1CNC(c2nc(C3CCCO3)no2)CN1. The molecule has 7 nitrogen and oxygen atoms in total. The largest absolute Gasteiger partial charge is 0.370 e. The van der Waals surface area contributed by atoms with Crippen LogP contribution in [0.1, 0.15) is 36.7 Å². The Morgan fingerprint density at radius 3 is 3.06 bits per heavy atom. The van der Waals surface area contributed by atoms with Crippen molar-refractivity contribution in [3.05, 3.63) is 11.7 Å². The van der Waals surface area contributed by atoms with Gasteiger partial charge in [0.1, 0.15) is 12.1 Å². The second-order valence-corrected chi connectivity index (χ2v) is 4.23. The summed E-state index contributed by atoms with van der Waals surface area (Å²) >= 11 is 0. The van der Waals surface area contributed by atoms with Crippen LogP contribution in [0, 0.1) is 0 Å². The lowest BCUT2D eigenvalue weighted by molar-refractivity contribution is -0.121. The van der Waals surface area contributed by atoms with Crippen molar-refractivity contribution in [1.82, 2.24) is 20.8 Å². The molecule has 1 aromatic rings. The van der Waals surface area contributed by atoms with E-state index < -0.39 is 0 Å². The van der Waals surface area contributed by atoms with Crippen molar-refractivity contribution in [2.75, 3.05) is 19.7 Å². The molecule has 0 spiro atoms. The van der Waals surface area contributed by atoms with Crippen molar-refractivity contribution >= 4 is 5.91 Å². The van der Waals surface area contributed by atoms with Gasteiger partial charge in [-0.25, -0.2) is 0 Å². The number of hydrogen-bond acceptors (Lipinski definition) is 6. The molecule has 1 amide bonds. The molecule has 92 valence electrons. The molecule has 7 heteroatoms. The zero-order valence-corrected chi connectivity index (χ0v) is 9.31. The smallest absolute Gasteiger partial charge is 0.245 e. The molecular weight excluding hydrogens is 224 g/mol. The quantitative estimate of drug-likeness (QED) is 0.734. The van der Waals surface area contributed by atoms with Gasteiger partial charge < -0.3 is 14.6 Å². The van der Waals surface area contributed by atoms with E-state index in [9.17, 15) is 4.79 Å². The molecule has 0 aliphatic carbocycles. The fourth-order valence-electron chi connectivity index (χ4n) is 2.04. The molecule has 0 aromatic carbocycles. The molecule has 2 N–H and O–H groups in total. The average Bonchev–Trinajstić information content (AvgIpc) is 3.00. The molecule has 17 heavy (non-hydrogen) atoms. The van der Waals surface area contributed by atoms with E-state index in [4.69, 9.17) is 9.26 Å². The van der Waals surface area contributed by atoms with Crippen molar-refractivity contribution in [1.29, 1.82) is 0 Å². The molecule has 2 fully saturated rings. The zero-order valence-electron chi connectivity index (χ0n) is 9.31. The van der Waals surface area contributed by atoms with Gasteiger partial charge in [-0.1, -0.05) is 5.16 Å². The summed E-state index contributed by atoms with van der Waals surface area (Å²) in [7, 11) is 0. The van der Waals surface area contributed by atoms with E-state index in [0.717, 1.165) is 19.4 Å². The predicted molar refractivity (Wildman–Crippen MR) is 56.0 cm³/mol. The van der Waals surface area contributed by atoms with Crippen LogP contribution >= 0.6 is 0 Å². The van der Waals surface area contributed by atoms with Crippen LogP contribution in [0.5, 0.6) is 0 Å². The van der Waals surface area contributed by atoms with Crippen LogP contribution in [0.25, 0.3) is 0 Å². The molecule has 0 bridgehead atoms. The van der Waals surface area contributed by atoms with Crippen LogP contribution in [0.15, 0.2) is 4.52 Å². The highest BCUT2D eigenvalue weighted by Crippen LogP contribution is 2.27. The number of aromatic nitrogens is 2. The van der Waals surface area contributed by atoms with E-state index in [2.05, 4.69) is 20.8 Å². The number of nitrogens with zero attached hydrogens (tertiary/aromatic N) is 2. The Morgan fingerprint density at radius 2 is 2.35 bits per heavy atom. The standard InChI is InChI=1S/C10H14N4O3/c15-8-5-11-6(4-12-8)10-13-9(14-17-10)7-2-1-3-16-7/h6-7,11H,1-5H2,(H,12,15). The summed E-state index contributed by atoms with van der Waals surface area (Å²) in [5, 5.41) is 9.72. The van der Waals surface area contributed by atoms with E-state index in [-0.39, 0.29) is 24.6 Å². The first-order valence-electron chi connectivity index (χ1n) is 5.78. The average molecular weight is 238 g/mol. The Balaban J connectivity index is 1.69. The topological polar surface area (TPSA) is 89.3 Å². The normalized spacial score (nSPS) is 29.3. The van der Waals surface area contributed by atoms with Crippen LogP contribution in [0.2, 0.25) is 0 Å². The first-order valence-corrected chi connectivity index (χ1v) is 5.78. The van der Waals surface area contributed by atoms with Gasteiger partial charge in [0.25, 0.3) is 0 Å². The highest BCUT2D eigenvalue weighted by Gasteiger charge is 2.27. The van der Waals surface area contributed by atoms with Crippen molar-refractivity contribution in [2.24, 2.45) is 0 Å². The zero-order chi connectivity index (χ0) is 11.7. The Kier molecular flexibility index (Phi) is 2.77. The van der Waals surface area contributed by atoms with Gasteiger partial charge >= 0.3 is 0 Å². The number of nitrogens with one attached hydrogen (secondary N) is 2. The van der Waals surface area contributed by atoms with Crippen molar-refractivity contribution in [2.45, 2.75) is 25.0 Å². The van der Waals surface area contributed by atoms with Gasteiger partial charge in [0.05, 0.1) is 6.54 Å². The summed E-state index contributed by atoms with van der Waals surface area (Å²) < 4.78 is 10.7. The van der Waals surface area contributed by atoms with Gasteiger partial charge in [0.15, 0.2) is 0 Å². The van der Waals surface area contributed by atoms with E-state index >= 15 is 0 Å². The molecule has 2 unspecified atom stereocenters. The first-order chi connectivity index (χ1) is 8.33. The summed E-state index contributed by atoms with van der Waals surface area (Å²) in [5.74, 6) is 1.10. The third kappa shape index (κ3) is 2.16. The molecule has 1 aromatic heterocycles. The van der Waals surface area contributed by atoms with Crippen LogP contribution in [-0.4, -0.2) is 35.7 Å². The second-order valence-electron chi connectivity index (χ2n) is 4.23. The Morgan fingerprint density at radius 1 is 1.41 bits per heavy atom. The lowest BCUT2D eigenvalue weighted by Crippen LogP contribution is -2.47. The number of ether oxygens (including phenoxy) is 1. The van der Waals surface area contributed by atoms with E-state index in [1.807, 2.05) is 0 Å². The summed E-state index contributed by atoms with van der Waals surface area (Å²) in [6, 6.07) is -0.102. The summed E-state index contributed by atoms with van der Waals surface area (Å²) in [4.78, 5) is 15.3. The van der Waals surface area contributed by atoms with Gasteiger partial charge in [-0.15, -0.1) is 0 Å². The van der Waals surface area contributed by atoms with Crippen LogP contribution in [-0.2, 0) is 9.53 Å². The maximum absolute atomic E-state index is 11.0. The maximum atomic E-state index is 11.0. The van der Waals surface area contributed by atoms with Crippen molar-refractivity contribution in [3.63, 3.8) is 0 Å². The van der Waals surface area contributed by atoms with Gasteiger partial charge in [0, 0.05) is 13.2 Å². The van der Waals surface area contributed by atoms with E-state index in [1.165, 1.54) is 0 Å². The highest BCUT2D eigenvalue weighted by atomic mass is 16.5. The van der Waals surface area contributed by atoms with E-state index in [1.54, 1.807) is 0 Å². The van der Waals surface area contributed by atoms with Gasteiger partial charge in [-0.05, 0) is 12.8 Å². The van der Waals surface area contributed by atoms with Gasteiger partial charge in [0.2, 0.25) is 17.6 Å². The second kappa shape index (κ2) is 4.42. The van der Waals surface area contributed by atoms with Gasteiger partial charge in [-0.2, -0.15) is 4.98 Å². The molecule has 0 radical (unpaired) electrons. The fraction of sp³-hybridized carbons (Fsp3) is 0.700. The third-order valence-electron chi connectivity index (χ3n) is 2.99. The number of rotatable bonds is 2. The number of amides is 1. The lowest BCUT2D eigenvalue weighted by Gasteiger charge is -2.20. The van der Waals surface area contributed by atoms with Crippen molar-refractivity contribution in [3.8, 4) is 0 Å². The molecule has 2 aliphatic heterocycles. The molecule has 0 saturated carbocycles. The lowest BCUT2D eigenvalue weighted by atomic mass is 10.2. The molecule has 2 aliphatic rings. The highest BCUT2D eigenvalue weighted by molar-refractivity contribution is 5.78. The first kappa shape index (κ1) is 10.7. The minimum Gasteiger partial charge on any atom is -0.370 e. The van der Waals surface area contributed by atoms with Crippen molar-refractivity contribution < 1.29 is 14.1 Å². The van der Waals surface area contributed by atoms with Crippen LogP contribution in [0.4, 0.5) is 0 Å². The molecule has 2 atom stereocenters. The molecule has 2 saturated heterocycles. The summed E-state index contributed by atoms with van der Waals surface area (Å²) in [6.45, 7) is 1.51. The predicted octanol–water partition coefficient (Wildman–Crippen LogP) is -0.318. The minimum absolute atomic E-state index is 0.0138. The third-order valence-corrected chi connectivity index (χ3v) is 2.99. The summed E-state index contributed by atoms with van der Waals surface area (Å²) in [5.41, 5.74) is 0. The van der Waals surface area contributed by atoms with Gasteiger partial charge in [-0.3, -0.25) is 10.1 Å². The number of hydrogen-bond donors (Lipinski definition) is 2. The van der Waals surface area contributed by atoms with Crippen LogP contribution in [0.3, 0.4) is 0 Å². The monoisotopic (exact) mass is 238 g/mol. The number of carbonyl (C=O) groups excluding carboxylic acids is 1. The Hall–Kier alpha value is -1.47. The summed E-state index contributed by atoms with van der Waals surface area (Å²) in [6.07, 6.45) is 1.94. The Bertz CT molecular complexity index is 403. The number of piperazine rings is 1. The fourth-order valence-corrected chi connectivity index (χ4v) is 2.04. The molecule has 3 heterocycles. The Labute approximate surface area is 97.9 Å². The minimum atomic E-state index is -0.102. The maximum Gasteiger partial charge on any atom is 0.245 e. The molecule has 3 rings (SSSR count).